The van der Waals surface area contributed by atoms with Gasteiger partial charge in [0.15, 0.2) is 5.78 Å². The molecule has 3 rings (SSSR count). The summed E-state index contributed by atoms with van der Waals surface area (Å²) in [6, 6.07) is 13.3. The standard InChI is InChI=1S/C22H27NO4/c1-3-26-22-9-6-18-10-11-23(13-19(18)12-22)14-20(25)15-27-21-7-4-17(5-8-21)16(2)24/h4-9,12,20,25H,3,10-11,13-15H2,1-2H3. The van der Waals surface area contributed by atoms with Crippen LogP contribution >= 0.6 is 0 Å². The minimum Gasteiger partial charge on any atom is -0.494 e. The van der Waals surface area contributed by atoms with E-state index in [0.717, 1.165) is 25.3 Å². The van der Waals surface area contributed by atoms with Gasteiger partial charge in [-0.15, -0.1) is 0 Å². The van der Waals surface area contributed by atoms with Gasteiger partial charge in [0, 0.05) is 25.2 Å². The van der Waals surface area contributed by atoms with Crippen molar-refractivity contribution in [1.29, 1.82) is 0 Å². The summed E-state index contributed by atoms with van der Waals surface area (Å²) in [7, 11) is 0. The summed E-state index contributed by atoms with van der Waals surface area (Å²) in [5, 5.41) is 10.3. The van der Waals surface area contributed by atoms with E-state index in [0.29, 0.717) is 24.5 Å². The molecule has 1 aliphatic heterocycles. The summed E-state index contributed by atoms with van der Waals surface area (Å²) in [6.07, 6.45) is 0.399. The van der Waals surface area contributed by atoms with Gasteiger partial charge in [-0.2, -0.15) is 0 Å². The summed E-state index contributed by atoms with van der Waals surface area (Å²) in [4.78, 5) is 13.5. The van der Waals surface area contributed by atoms with Gasteiger partial charge < -0.3 is 14.6 Å². The molecule has 0 fully saturated rings. The zero-order valence-corrected chi connectivity index (χ0v) is 16.0. The van der Waals surface area contributed by atoms with Crippen molar-refractivity contribution in [1.82, 2.24) is 4.90 Å². The fourth-order valence-electron chi connectivity index (χ4n) is 3.33. The van der Waals surface area contributed by atoms with Gasteiger partial charge in [0.2, 0.25) is 0 Å². The van der Waals surface area contributed by atoms with Crippen molar-refractivity contribution in [3.63, 3.8) is 0 Å². The highest BCUT2D eigenvalue weighted by Gasteiger charge is 2.19. The molecule has 1 aliphatic rings. The third-order valence-corrected chi connectivity index (χ3v) is 4.75. The van der Waals surface area contributed by atoms with Crippen LogP contribution in [0.3, 0.4) is 0 Å². The Bertz CT molecular complexity index is 772. The molecule has 27 heavy (non-hydrogen) atoms. The fraction of sp³-hybridized carbons (Fsp3) is 0.409. The van der Waals surface area contributed by atoms with Crippen molar-refractivity contribution >= 4 is 5.78 Å². The molecular weight excluding hydrogens is 342 g/mol. The van der Waals surface area contributed by atoms with Crippen LogP contribution in [-0.4, -0.2) is 48.2 Å². The predicted molar refractivity (Wildman–Crippen MR) is 105 cm³/mol. The lowest BCUT2D eigenvalue weighted by atomic mass is 9.99. The molecule has 2 aromatic rings. The van der Waals surface area contributed by atoms with Gasteiger partial charge in [-0.1, -0.05) is 6.07 Å². The monoisotopic (exact) mass is 369 g/mol. The number of ketones is 1. The van der Waals surface area contributed by atoms with Crippen LogP contribution in [0.4, 0.5) is 0 Å². The molecule has 0 spiro atoms. The van der Waals surface area contributed by atoms with Crippen LogP contribution in [0.5, 0.6) is 11.5 Å². The number of carbonyl (C=O) groups is 1. The van der Waals surface area contributed by atoms with E-state index in [9.17, 15) is 9.90 Å². The maximum atomic E-state index is 11.3. The first kappa shape index (κ1) is 19.4. The van der Waals surface area contributed by atoms with Crippen molar-refractivity contribution in [2.45, 2.75) is 32.9 Å². The van der Waals surface area contributed by atoms with Gasteiger partial charge in [-0.25, -0.2) is 0 Å². The number of hydrogen-bond acceptors (Lipinski definition) is 5. The molecule has 144 valence electrons. The molecule has 1 heterocycles. The number of Topliss-reactive ketones (excluding diaryl/α,β-unsaturated/α-hetero) is 1. The Kier molecular flexibility index (Phi) is 6.48. The van der Waals surface area contributed by atoms with Crippen LogP contribution in [0.25, 0.3) is 0 Å². The van der Waals surface area contributed by atoms with Crippen molar-refractivity contribution in [3.8, 4) is 11.5 Å². The largest absolute Gasteiger partial charge is 0.494 e. The van der Waals surface area contributed by atoms with E-state index < -0.39 is 6.10 Å². The van der Waals surface area contributed by atoms with Crippen molar-refractivity contribution in [2.75, 3.05) is 26.3 Å². The van der Waals surface area contributed by atoms with Gasteiger partial charge in [0.25, 0.3) is 0 Å². The molecule has 1 N–H and O–H groups in total. The molecule has 0 saturated carbocycles. The first-order valence-electron chi connectivity index (χ1n) is 9.44. The lowest BCUT2D eigenvalue weighted by Crippen LogP contribution is -2.38. The summed E-state index contributed by atoms with van der Waals surface area (Å²) >= 11 is 0. The molecular formula is C22H27NO4. The second-order valence-corrected chi connectivity index (χ2v) is 6.89. The molecule has 0 aromatic heterocycles. The average molecular weight is 369 g/mol. The summed E-state index contributed by atoms with van der Waals surface area (Å²) in [5.41, 5.74) is 3.27. The topological polar surface area (TPSA) is 59.0 Å². The molecule has 1 atom stereocenters. The van der Waals surface area contributed by atoms with Crippen molar-refractivity contribution in [3.05, 3.63) is 59.2 Å². The van der Waals surface area contributed by atoms with Crippen LogP contribution in [0.2, 0.25) is 0 Å². The molecule has 5 nitrogen and oxygen atoms in total. The summed E-state index contributed by atoms with van der Waals surface area (Å²) < 4.78 is 11.2. The Hall–Kier alpha value is -2.37. The van der Waals surface area contributed by atoms with Gasteiger partial charge in [0.05, 0.1) is 6.61 Å². The smallest absolute Gasteiger partial charge is 0.159 e. The van der Waals surface area contributed by atoms with Crippen molar-refractivity contribution in [2.24, 2.45) is 0 Å². The summed E-state index contributed by atoms with van der Waals surface area (Å²) in [5.74, 6) is 1.58. The zero-order chi connectivity index (χ0) is 19.2. The van der Waals surface area contributed by atoms with Crippen LogP contribution in [-0.2, 0) is 13.0 Å². The lowest BCUT2D eigenvalue weighted by Gasteiger charge is -2.30. The number of carbonyl (C=O) groups excluding carboxylic acids is 1. The van der Waals surface area contributed by atoms with Crippen LogP contribution < -0.4 is 9.47 Å². The number of nitrogens with zero attached hydrogens (tertiary/aromatic N) is 1. The highest BCUT2D eigenvalue weighted by molar-refractivity contribution is 5.94. The second-order valence-electron chi connectivity index (χ2n) is 6.89. The second kappa shape index (κ2) is 9.02. The molecule has 0 bridgehead atoms. The first-order chi connectivity index (χ1) is 13.0. The Morgan fingerprint density at radius 2 is 1.85 bits per heavy atom. The quantitative estimate of drug-likeness (QED) is 0.725. The van der Waals surface area contributed by atoms with E-state index >= 15 is 0 Å². The maximum absolute atomic E-state index is 11.3. The van der Waals surface area contributed by atoms with E-state index in [4.69, 9.17) is 9.47 Å². The molecule has 0 aliphatic carbocycles. The highest BCUT2D eigenvalue weighted by Crippen LogP contribution is 2.24. The number of rotatable bonds is 8. The van der Waals surface area contributed by atoms with E-state index in [2.05, 4.69) is 17.0 Å². The van der Waals surface area contributed by atoms with Crippen LogP contribution in [0.15, 0.2) is 42.5 Å². The number of aliphatic hydroxyl groups is 1. The Morgan fingerprint density at radius 3 is 2.56 bits per heavy atom. The summed E-state index contributed by atoms with van der Waals surface area (Å²) in [6.45, 7) is 6.69. The maximum Gasteiger partial charge on any atom is 0.159 e. The number of fused-ring (bicyclic) bond motifs is 1. The number of ether oxygens (including phenoxy) is 2. The van der Waals surface area contributed by atoms with Crippen LogP contribution in [0.1, 0.15) is 35.3 Å². The first-order valence-corrected chi connectivity index (χ1v) is 9.44. The Morgan fingerprint density at radius 1 is 1.11 bits per heavy atom. The number of benzene rings is 2. The normalized spacial score (nSPS) is 15.1. The lowest BCUT2D eigenvalue weighted by molar-refractivity contribution is 0.0637. The van der Waals surface area contributed by atoms with Gasteiger partial charge in [0.1, 0.15) is 24.2 Å². The highest BCUT2D eigenvalue weighted by atomic mass is 16.5. The van der Waals surface area contributed by atoms with E-state index in [1.807, 2.05) is 13.0 Å². The van der Waals surface area contributed by atoms with E-state index in [1.54, 1.807) is 24.3 Å². The third-order valence-electron chi connectivity index (χ3n) is 4.75. The van der Waals surface area contributed by atoms with E-state index in [1.165, 1.54) is 18.1 Å². The molecule has 0 saturated heterocycles. The predicted octanol–water partition coefficient (Wildman–Crippen LogP) is 3.09. The Labute approximate surface area is 160 Å². The van der Waals surface area contributed by atoms with Gasteiger partial charge in [-0.3, -0.25) is 9.69 Å². The molecule has 1 unspecified atom stereocenters. The molecule has 0 amide bonds. The van der Waals surface area contributed by atoms with Crippen molar-refractivity contribution < 1.29 is 19.4 Å². The molecule has 0 radical (unpaired) electrons. The minimum absolute atomic E-state index is 0.0273. The van der Waals surface area contributed by atoms with E-state index in [-0.39, 0.29) is 12.4 Å². The van der Waals surface area contributed by atoms with Crippen LogP contribution in [0, 0.1) is 0 Å². The minimum atomic E-state index is -0.575. The van der Waals surface area contributed by atoms with Gasteiger partial charge in [-0.05, 0) is 67.8 Å². The SMILES string of the molecule is CCOc1ccc2c(c1)CN(CC(O)COc1ccc(C(C)=O)cc1)CC2. The fourth-order valence-corrected chi connectivity index (χ4v) is 3.33. The van der Waals surface area contributed by atoms with Gasteiger partial charge >= 0.3 is 0 Å². The average Bonchev–Trinajstić information content (AvgIpc) is 2.66. The zero-order valence-electron chi connectivity index (χ0n) is 16.0. The third kappa shape index (κ3) is 5.31. The molecule has 2 aromatic carbocycles. The Balaban J connectivity index is 1.50. The number of β-amino-alcohol motifs (C(OH)–C–C–N with tert-alkyl or cyclic N) is 1. The number of hydrogen-bond donors (Lipinski definition) is 1. The molecule has 5 heteroatoms. The number of aliphatic hydroxyl groups excluding tert-OH is 1.